The molecule has 1 aliphatic rings. The molecule has 4 aromatic rings. The molecular formula is C29H20Cl2FNO. The van der Waals surface area contributed by atoms with Gasteiger partial charge in [0.05, 0.1) is 11.6 Å². The number of para-hydroxylation sites is 2. The number of hydrogen-bond acceptors (Lipinski definition) is 1. The molecule has 2 nitrogen and oxygen atoms in total. The molecule has 0 aliphatic carbocycles. The van der Waals surface area contributed by atoms with Crippen LogP contribution in [-0.2, 0) is 10.5 Å². The number of alkyl halides is 1. The van der Waals surface area contributed by atoms with Crippen molar-refractivity contribution in [2.75, 3.05) is 4.90 Å². The highest BCUT2D eigenvalue weighted by molar-refractivity contribution is 6.30. The van der Waals surface area contributed by atoms with Gasteiger partial charge in [-0.15, -0.1) is 0 Å². The Morgan fingerprint density at radius 3 is 2.03 bits per heavy atom. The number of hydrogen-bond donors (Lipinski definition) is 0. The Morgan fingerprint density at radius 2 is 1.35 bits per heavy atom. The molecule has 4 aromatic carbocycles. The lowest BCUT2D eigenvalue weighted by Gasteiger charge is -2.28. The number of anilines is 2. The van der Waals surface area contributed by atoms with Gasteiger partial charge in [0.25, 0.3) is 5.91 Å². The van der Waals surface area contributed by atoms with Gasteiger partial charge in [-0.1, -0.05) is 96.0 Å². The largest absolute Gasteiger partial charge is 0.278 e. The fourth-order valence-electron chi connectivity index (χ4n) is 4.42. The Kier molecular flexibility index (Phi) is 5.99. The van der Waals surface area contributed by atoms with E-state index >= 15 is 4.39 Å². The molecule has 0 aromatic heterocycles. The molecule has 0 saturated carbocycles. The standard InChI is InChI=1S/C29H20Cl2FNO/c30-22-15-10-20(11-16-22)12-19-25(21-13-17-23(31)18-14-21)29(32)26-8-4-5-9-27(26)33(28(29)34)24-6-2-1-3-7-24/h1-19,25H/b19-12+/t25-,29-/m1/s1. The van der Waals surface area contributed by atoms with Gasteiger partial charge in [-0.25, -0.2) is 4.39 Å². The number of allylic oxidation sites excluding steroid dienone is 1. The lowest BCUT2D eigenvalue weighted by atomic mass is 9.79. The maximum absolute atomic E-state index is 17.4. The third-order valence-electron chi connectivity index (χ3n) is 6.07. The van der Waals surface area contributed by atoms with Crippen LogP contribution in [0.4, 0.5) is 15.8 Å². The summed E-state index contributed by atoms with van der Waals surface area (Å²) in [7, 11) is 0. The van der Waals surface area contributed by atoms with E-state index in [4.69, 9.17) is 23.2 Å². The molecule has 0 saturated heterocycles. The van der Waals surface area contributed by atoms with Crippen LogP contribution in [0.25, 0.3) is 6.08 Å². The zero-order valence-electron chi connectivity index (χ0n) is 18.0. The highest BCUT2D eigenvalue weighted by Crippen LogP contribution is 2.53. The lowest BCUT2D eigenvalue weighted by molar-refractivity contribution is -0.129. The van der Waals surface area contributed by atoms with Crippen LogP contribution in [0, 0.1) is 0 Å². The summed E-state index contributed by atoms with van der Waals surface area (Å²) in [6, 6.07) is 30.4. The van der Waals surface area contributed by atoms with E-state index in [0.29, 0.717) is 32.5 Å². The maximum atomic E-state index is 17.4. The minimum Gasteiger partial charge on any atom is -0.278 e. The van der Waals surface area contributed by atoms with Crippen LogP contribution in [0.1, 0.15) is 22.6 Å². The second kappa shape index (κ2) is 9.09. The molecule has 1 aliphatic heterocycles. The molecule has 1 amide bonds. The smallest absolute Gasteiger partial charge is 0.274 e. The van der Waals surface area contributed by atoms with Crippen molar-refractivity contribution in [3.8, 4) is 0 Å². The first-order valence-electron chi connectivity index (χ1n) is 10.9. The fourth-order valence-corrected chi connectivity index (χ4v) is 4.67. The van der Waals surface area contributed by atoms with Gasteiger partial charge in [-0.2, -0.15) is 0 Å². The average molecular weight is 488 g/mol. The summed E-state index contributed by atoms with van der Waals surface area (Å²) >= 11 is 12.1. The van der Waals surface area contributed by atoms with E-state index in [1.165, 1.54) is 4.90 Å². The van der Waals surface area contributed by atoms with Crippen LogP contribution < -0.4 is 4.90 Å². The van der Waals surface area contributed by atoms with E-state index in [1.807, 2.05) is 42.5 Å². The predicted octanol–water partition coefficient (Wildman–Crippen LogP) is 8.33. The maximum Gasteiger partial charge on any atom is 0.274 e. The summed E-state index contributed by atoms with van der Waals surface area (Å²) in [5.41, 5.74) is 0.685. The van der Waals surface area contributed by atoms with Gasteiger partial charge < -0.3 is 0 Å². The third kappa shape index (κ3) is 3.91. The Morgan fingerprint density at radius 1 is 0.765 bits per heavy atom. The molecule has 0 unspecified atom stereocenters. The topological polar surface area (TPSA) is 20.3 Å². The molecule has 34 heavy (non-hydrogen) atoms. The molecule has 5 heteroatoms. The summed E-state index contributed by atoms with van der Waals surface area (Å²) in [4.78, 5) is 15.4. The quantitative estimate of drug-likeness (QED) is 0.277. The number of nitrogens with zero attached hydrogens (tertiary/aromatic N) is 1. The minimum absolute atomic E-state index is 0.338. The molecule has 0 fully saturated rings. The van der Waals surface area contributed by atoms with E-state index in [1.54, 1.807) is 72.8 Å². The molecule has 0 bridgehead atoms. The van der Waals surface area contributed by atoms with Gasteiger partial charge in [0.2, 0.25) is 5.67 Å². The highest BCUT2D eigenvalue weighted by Gasteiger charge is 2.56. The Labute approximate surface area is 207 Å². The molecule has 0 radical (unpaired) electrons. The summed E-state index contributed by atoms with van der Waals surface area (Å²) in [5.74, 6) is -1.51. The summed E-state index contributed by atoms with van der Waals surface area (Å²) in [5, 5.41) is 1.16. The predicted molar refractivity (Wildman–Crippen MR) is 137 cm³/mol. The van der Waals surface area contributed by atoms with Crippen molar-refractivity contribution < 1.29 is 9.18 Å². The van der Waals surface area contributed by atoms with Gasteiger partial charge >= 0.3 is 0 Å². The van der Waals surface area contributed by atoms with Gasteiger partial charge in [-0.3, -0.25) is 9.69 Å². The van der Waals surface area contributed by atoms with Crippen LogP contribution >= 0.6 is 23.2 Å². The van der Waals surface area contributed by atoms with Crippen molar-refractivity contribution in [1.29, 1.82) is 0 Å². The first-order valence-corrected chi connectivity index (χ1v) is 11.6. The summed E-state index contributed by atoms with van der Waals surface area (Å²) < 4.78 is 17.4. The number of amides is 1. The summed E-state index contributed by atoms with van der Waals surface area (Å²) in [6.45, 7) is 0. The van der Waals surface area contributed by atoms with Crippen molar-refractivity contribution >= 4 is 46.6 Å². The number of fused-ring (bicyclic) bond motifs is 1. The third-order valence-corrected chi connectivity index (χ3v) is 6.58. The van der Waals surface area contributed by atoms with Crippen molar-refractivity contribution in [2.24, 2.45) is 0 Å². The normalized spacial score (nSPS) is 18.3. The first kappa shape index (κ1) is 22.4. The van der Waals surface area contributed by atoms with Crippen LogP contribution in [0.2, 0.25) is 10.0 Å². The second-order valence-electron chi connectivity index (χ2n) is 8.14. The monoisotopic (exact) mass is 487 g/mol. The van der Waals surface area contributed by atoms with Crippen molar-refractivity contribution in [2.45, 2.75) is 11.6 Å². The number of carbonyl (C=O) groups is 1. The molecule has 168 valence electrons. The minimum atomic E-state index is -2.32. The second-order valence-corrected chi connectivity index (χ2v) is 9.02. The number of halogens is 3. The van der Waals surface area contributed by atoms with E-state index in [2.05, 4.69) is 0 Å². The van der Waals surface area contributed by atoms with Crippen LogP contribution in [0.5, 0.6) is 0 Å². The molecule has 0 N–H and O–H groups in total. The molecule has 1 heterocycles. The first-order chi connectivity index (χ1) is 16.5. The zero-order valence-corrected chi connectivity index (χ0v) is 19.5. The van der Waals surface area contributed by atoms with Gasteiger partial charge in [0.1, 0.15) is 0 Å². The molecule has 0 spiro atoms. The van der Waals surface area contributed by atoms with Crippen molar-refractivity contribution in [3.05, 3.63) is 136 Å². The molecule has 2 atom stereocenters. The molecular weight excluding hydrogens is 468 g/mol. The van der Waals surface area contributed by atoms with Crippen LogP contribution in [0.3, 0.4) is 0 Å². The van der Waals surface area contributed by atoms with E-state index < -0.39 is 17.5 Å². The van der Waals surface area contributed by atoms with E-state index in [0.717, 1.165) is 5.56 Å². The lowest BCUT2D eigenvalue weighted by Crippen LogP contribution is -2.39. The average Bonchev–Trinajstić information content (AvgIpc) is 3.09. The van der Waals surface area contributed by atoms with Crippen molar-refractivity contribution in [3.63, 3.8) is 0 Å². The van der Waals surface area contributed by atoms with E-state index in [-0.39, 0.29) is 0 Å². The number of rotatable bonds is 5. The van der Waals surface area contributed by atoms with Gasteiger partial charge in [0, 0.05) is 21.3 Å². The van der Waals surface area contributed by atoms with Gasteiger partial charge in [0.15, 0.2) is 0 Å². The fraction of sp³-hybridized carbons (Fsp3) is 0.0690. The van der Waals surface area contributed by atoms with Crippen LogP contribution in [-0.4, -0.2) is 5.91 Å². The highest BCUT2D eigenvalue weighted by atomic mass is 35.5. The van der Waals surface area contributed by atoms with E-state index in [9.17, 15) is 4.79 Å². The Balaban J connectivity index is 1.67. The summed E-state index contributed by atoms with van der Waals surface area (Å²) in [6.07, 6.45) is 3.56. The Hall–Kier alpha value is -3.40. The van der Waals surface area contributed by atoms with Crippen molar-refractivity contribution in [1.82, 2.24) is 0 Å². The number of carbonyl (C=O) groups excluding carboxylic acids is 1. The molecule has 5 rings (SSSR count). The van der Waals surface area contributed by atoms with Gasteiger partial charge in [-0.05, 0) is 53.6 Å². The number of benzene rings is 4. The zero-order chi connectivity index (χ0) is 23.7. The van der Waals surface area contributed by atoms with Crippen LogP contribution in [0.15, 0.2) is 109 Å². The Bertz CT molecular complexity index is 1350. The SMILES string of the molecule is O=C1N(c2ccccc2)c2ccccc2[C@]1(F)[C@H](/C=C/c1ccc(Cl)cc1)c1ccc(Cl)cc1.